The smallest absolute Gasteiger partial charge is 0.272 e. The highest BCUT2D eigenvalue weighted by molar-refractivity contribution is 7.88. The SMILES string of the molecule is Cc1nc(Cl)c(C)c(C(=O)N2CCC(N3CCC(NS(C)(=O)=O)CC3)CC2)n1. The zero-order valence-corrected chi connectivity index (χ0v) is 18.2. The van der Waals surface area contributed by atoms with Crippen LogP contribution < -0.4 is 4.72 Å². The van der Waals surface area contributed by atoms with Crippen LogP contribution in [0.3, 0.4) is 0 Å². The fourth-order valence-corrected chi connectivity index (χ4v) is 5.12. The molecule has 1 amide bonds. The summed E-state index contributed by atoms with van der Waals surface area (Å²) in [6.07, 6.45) is 4.67. The van der Waals surface area contributed by atoms with Crippen molar-refractivity contribution >= 4 is 27.5 Å². The summed E-state index contributed by atoms with van der Waals surface area (Å²) in [4.78, 5) is 25.6. The zero-order chi connectivity index (χ0) is 20.5. The van der Waals surface area contributed by atoms with E-state index in [4.69, 9.17) is 11.6 Å². The normalized spacial score (nSPS) is 20.5. The Bertz CT molecular complexity index is 832. The van der Waals surface area contributed by atoms with E-state index in [1.54, 1.807) is 13.8 Å². The maximum Gasteiger partial charge on any atom is 0.272 e. The Balaban J connectivity index is 1.53. The third kappa shape index (κ3) is 5.20. The van der Waals surface area contributed by atoms with Crippen LogP contribution in [0.4, 0.5) is 0 Å². The fourth-order valence-electron chi connectivity index (χ4n) is 4.07. The number of nitrogens with one attached hydrogen (secondary N) is 1. The predicted octanol–water partition coefficient (Wildman–Crippen LogP) is 1.37. The first kappa shape index (κ1) is 21.4. The Morgan fingerprint density at radius 3 is 2.25 bits per heavy atom. The van der Waals surface area contributed by atoms with E-state index < -0.39 is 10.0 Å². The van der Waals surface area contributed by atoms with Crippen LogP contribution in [-0.4, -0.2) is 78.6 Å². The molecule has 0 radical (unpaired) electrons. The second-order valence-electron chi connectivity index (χ2n) is 7.76. The number of hydrogen-bond acceptors (Lipinski definition) is 6. The van der Waals surface area contributed by atoms with E-state index in [2.05, 4.69) is 19.6 Å². The van der Waals surface area contributed by atoms with E-state index >= 15 is 0 Å². The quantitative estimate of drug-likeness (QED) is 0.726. The van der Waals surface area contributed by atoms with Gasteiger partial charge in [-0.05, 0) is 52.6 Å². The second kappa shape index (κ2) is 8.61. The molecule has 0 saturated carbocycles. The van der Waals surface area contributed by atoms with Crippen molar-refractivity contribution in [1.82, 2.24) is 24.5 Å². The molecule has 0 aliphatic carbocycles. The summed E-state index contributed by atoms with van der Waals surface area (Å²) in [6, 6.07) is 0.460. The lowest BCUT2D eigenvalue weighted by atomic mass is 9.98. The molecule has 3 heterocycles. The van der Waals surface area contributed by atoms with Gasteiger partial charge < -0.3 is 9.80 Å². The molecule has 10 heteroatoms. The van der Waals surface area contributed by atoms with Gasteiger partial charge in [-0.15, -0.1) is 0 Å². The second-order valence-corrected chi connectivity index (χ2v) is 9.90. The molecule has 1 aromatic rings. The van der Waals surface area contributed by atoms with Crippen LogP contribution in [0.2, 0.25) is 5.15 Å². The number of piperidine rings is 2. The van der Waals surface area contributed by atoms with Gasteiger partial charge in [0.1, 0.15) is 16.7 Å². The molecule has 2 aliphatic rings. The summed E-state index contributed by atoms with van der Waals surface area (Å²) >= 11 is 6.11. The van der Waals surface area contributed by atoms with Crippen molar-refractivity contribution in [1.29, 1.82) is 0 Å². The number of aryl methyl sites for hydroxylation is 1. The Kier molecular flexibility index (Phi) is 6.58. The molecule has 1 N–H and O–H groups in total. The van der Waals surface area contributed by atoms with Crippen LogP contribution in [0.5, 0.6) is 0 Å². The molecule has 8 nitrogen and oxygen atoms in total. The van der Waals surface area contributed by atoms with Gasteiger partial charge >= 0.3 is 0 Å². The van der Waals surface area contributed by atoms with Crippen molar-refractivity contribution in [2.45, 2.75) is 51.6 Å². The number of carbonyl (C=O) groups is 1. The third-order valence-corrected chi connectivity index (χ3v) is 6.71. The number of carbonyl (C=O) groups excluding carboxylic acids is 1. The standard InChI is InChI=1S/C18H28ClN5O3S/c1-12-16(20-13(2)21-17(12)19)18(25)24-10-6-15(7-11-24)23-8-4-14(5-9-23)22-28(3,26)27/h14-15,22H,4-11H2,1-3H3. The minimum Gasteiger partial charge on any atom is -0.337 e. The summed E-state index contributed by atoms with van der Waals surface area (Å²) in [5.74, 6) is 0.416. The maximum absolute atomic E-state index is 12.9. The van der Waals surface area contributed by atoms with E-state index in [9.17, 15) is 13.2 Å². The van der Waals surface area contributed by atoms with Crippen molar-refractivity contribution < 1.29 is 13.2 Å². The average Bonchev–Trinajstić information content (AvgIpc) is 2.63. The lowest BCUT2D eigenvalue weighted by molar-refractivity contribution is 0.0570. The fraction of sp³-hybridized carbons (Fsp3) is 0.722. The van der Waals surface area contributed by atoms with Gasteiger partial charge in [0.15, 0.2) is 0 Å². The highest BCUT2D eigenvalue weighted by atomic mass is 35.5. The van der Waals surface area contributed by atoms with Crippen LogP contribution in [0.25, 0.3) is 0 Å². The minimum atomic E-state index is -3.15. The van der Waals surface area contributed by atoms with E-state index in [0.29, 0.717) is 41.4 Å². The number of likely N-dealkylation sites (tertiary alicyclic amines) is 2. The first-order chi connectivity index (χ1) is 13.1. The summed E-state index contributed by atoms with van der Waals surface area (Å²) in [5.41, 5.74) is 1.02. The summed E-state index contributed by atoms with van der Waals surface area (Å²) in [5, 5.41) is 0.330. The monoisotopic (exact) mass is 429 g/mol. The molecule has 156 valence electrons. The molecule has 28 heavy (non-hydrogen) atoms. The van der Waals surface area contributed by atoms with Gasteiger partial charge in [-0.1, -0.05) is 11.6 Å². The van der Waals surface area contributed by atoms with Gasteiger partial charge in [-0.2, -0.15) is 0 Å². The van der Waals surface area contributed by atoms with Gasteiger partial charge in [0, 0.05) is 30.7 Å². The molecule has 1 aromatic heterocycles. The van der Waals surface area contributed by atoms with Crippen LogP contribution in [-0.2, 0) is 10.0 Å². The van der Waals surface area contributed by atoms with Crippen molar-refractivity contribution in [2.24, 2.45) is 0 Å². The van der Waals surface area contributed by atoms with Gasteiger partial charge in [-0.3, -0.25) is 4.79 Å². The lowest BCUT2D eigenvalue weighted by Crippen LogP contribution is -2.51. The molecule has 0 bridgehead atoms. The first-order valence-electron chi connectivity index (χ1n) is 9.65. The van der Waals surface area contributed by atoms with Crippen molar-refractivity contribution in [2.75, 3.05) is 32.4 Å². The van der Waals surface area contributed by atoms with Crippen molar-refractivity contribution in [3.8, 4) is 0 Å². The van der Waals surface area contributed by atoms with Crippen LogP contribution in [0.15, 0.2) is 0 Å². The molecule has 2 saturated heterocycles. The number of hydrogen-bond donors (Lipinski definition) is 1. The van der Waals surface area contributed by atoms with E-state index in [1.807, 2.05) is 4.90 Å². The highest BCUT2D eigenvalue weighted by Crippen LogP contribution is 2.24. The van der Waals surface area contributed by atoms with Crippen LogP contribution in [0, 0.1) is 13.8 Å². The first-order valence-corrected chi connectivity index (χ1v) is 11.9. The summed E-state index contributed by atoms with van der Waals surface area (Å²) < 4.78 is 25.5. The number of rotatable bonds is 4. The molecule has 3 rings (SSSR count). The molecule has 0 unspecified atom stereocenters. The molecule has 2 fully saturated rings. The van der Waals surface area contributed by atoms with Gasteiger partial charge in [0.2, 0.25) is 10.0 Å². The molecule has 0 aromatic carbocycles. The molecule has 2 aliphatic heterocycles. The van der Waals surface area contributed by atoms with Crippen molar-refractivity contribution in [3.05, 3.63) is 22.2 Å². The average molecular weight is 430 g/mol. The Morgan fingerprint density at radius 2 is 1.68 bits per heavy atom. The predicted molar refractivity (Wildman–Crippen MR) is 108 cm³/mol. The number of halogens is 1. The molecular weight excluding hydrogens is 402 g/mol. The topological polar surface area (TPSA) is 95.5 Å². The Morgan fingerprint density at radius 1 is 1.07 bits per heavy atom. The Hall–Kier alpha value is -1.29. The molecular formula is C18H28ClN5O3S. The van der Waals surface area contributed by atoms with E-state index in [0.717, 1.165) is 38.8 Å². The van der Waals surface area contributed by atoms with Gasteiger partial charge in [0.05, 0.1) is 6.26 Å². The van der Waals surface area contributed by atoms with Crippen LogP contribution in [0.1, 0.15) is 47.6 Å². The maximum atomic E-state index is 12.9. The van der Waals surface area contributed by atoms with E-state index in [1.165, 1.54) is 6.26 Å². The zero-order valence-electron chi connectivity index (χ0n) is 16.6. The lowest BCUT2D eigenvalue weighted by Gasteiger charge is -2.41. The van der Waals surface area contributed by atoms with E-state index in [-0.39, 0.29) is 11.9 Å². The third-order valence-electron chi connectivity index (χ3n) is 5.58. The molecule has 0 atom stereocenters. The number of sulfonamides is 1. The van der Waals surface area contributed by atoms with Crippen molar-refractivity contribution in [3.63, 3.8) is 0 Å². The number of amides is 1. The van der Waals surface area contributed by atoms with Gasteiger partial charge in [0.25, 0.3) is 5.91 Å². The summed E-state index contributed by atoms with van der Waals surface area (Å²) in [6.45, 7) is 6.64. The van der Waals surface area contributed by atoms with Crippen LogP contribution >= 0.6 is 11.6 Å². The number of aromatic nitrogens is 2. The highest BCUT2D eigenvalue weighted by Gasteiger charge is 2.31. The molecule has 0 spiro atoms. The van der Waals surface area contributed by atoms with Gasteiger partial charge in [-0.25, -0.2) is 23.1 Å². The largest absolute Gasteiger partial charge is 0.337 e. The minimum absolute atomic E-state index is 0.0293. The Labute approximate surface area is 171 Å². The summed E-state index contributed by atoms with van der Waals surface area (Å²) in [7, 11) is -3.15. The number of nitrogens with zero attached hydrogens (tertiary/aromatic N) is 4.